The topological polar surface area (TPSA) is 63.6 Å². The van der Waals surface area contributed by atoms with Crippen molar-refractivity contribution < 1.29 is 0 Å². The highest BCUT2D eigenvalue weighted by molar-refractivity contribution is 8.29. The number of nitrogens with one attached hydrogen (secondary N) is 1. The summed E-state index contributed by atoms with van der Waals surface area (Å²) in [5.41, 5.74) is 4.19. The van der Waals surface area contributed by atoms with E-state index in [4.69, 9.17) is 0 Å². The molecule has 0 spiro atoms. The van der Waals surface area contributed by atoms with E-state index in [-0.39, 0.29) is 5.69 Å². The van der Waals surface area contributed by atoms with Gasteiger partial charge in [-0.1, -0.05) is 53.7 Å². The van der Waals surface area contributed by atoms with Crippen molar-refractivity contribution in [3.8, 4) is 0 Å². The van der Waals surface area contributed by atoms with E-state index in [9.17, 15) is 4.79 Å². The Labute approximate surface area is 155 Å². The maximum atomic E-state index is 11.7. The predicted octanol–water partition coefficient (Wildman–Crippen LogP) is 4.59. The molecule has 0 unspecified atom stereocenters. The molecule has 0 radical (unpaired) electrons. The lowest BCUT2D eigenvalue weighted by Crippen LogP contribution is -2.41. The molecule has 0 bridgehead atoms. The van der Waals surface area contributed by atoms with Crippen molar-refractivity contribution in [3.63, 3.8) is 0 Å². The van der Waals surface area contributed by atoms with Crippen molar-refractivity contribution in [2.24, 2.45) is 0 Å². The highest BCUT2D eigenvalue weighted by Crippen LogP contribution is 2.52. The van der Waals surface area contributed by atoms with Crippen LogP contribution in [0.1, 0.15) is 52.7 Å². The number of rotatable bonds is 7. The SMILES string of the molecule is Cc1c(Cn2nn[nH]c2=O)cccc1S[Si](C(C)C)(C(C)C)C(C)C. The van der Waals surface area contributed by atoms with E-state index < -0.39 is 7.22 Å². The second-order valence-corrected chi connectivity index (χ2v) is 16.2. The van der Waals surface area contributed by atoms with Gasteiger partial charge >= 0.3 is 5.69 Å². The maximum absolute atomic E-state index is 11.7. The van der Waals surface area contributed by atoms with Crippen LogP contribution in [0.5, 0.6) is 0 Å². The van der Waals surface area contributed by atoms with E-state index in [2.05, 4.69) is 93.4 Å². The van der Waals surface area contributed by atoms with Crippen molar-refractivity contribution in [2.75, 3.05) is 0 Å². The monoisotopic (exact) mass is 378 g/mol. The standard InChI is InChI=1S/C18H30N4OSSi/c1-12(2)25(13(3)4,14(5)6)24-17-10-8-9-16(15(17)7)11-22-18(23)19-20-21-22/h8-10,12-14H,11H2,1-7H3,(H,19,21,23). The smallest absolute Gasteiger partial charge is 0.245 e. The van der Waals surface area contributed by atoms with Gasteiger partial charge in [-0.2, -0.15) is 4.68 Å². The zero-order valence-corrected chi connectivity index (χ0v) is 18.1. The molecule has 0 amide bonds. The van der Waals surface area contributed by atoms with Crippen molar-refractivity contribution in [1.82, 2.24) is 20.2 Å². The molecule has 5 nitrogen and oxygen atoms in total. The van der Waals surface area contributed by atoms with E-state index in [1.165, 1.54) is 15.1 Å². The molecular weight excluding hydrogens is 348 g/mol. The highest BCUT2D eigenvalue weighted by atomic mass is 32.4. The number of aromatic amines is 1. The van der Waals surface area contributed by atoms with Crippen LogP contribution in [0.4, 0.5) is 0 Å². The Kier molecular flexibility index (Phi) is 6.32. The van der Waals surface area contributed by atoms with Gasteiger partial charge in [-0.05, 0) is 51.2 Å². The molecule has 2 aromatic rings. The molecule has 0 aliphatic rings. The lowest BCUT2D eigenvalue weighted by molar-refractivity contribution is 0.629. The van der Waals surface area contributed by atoms with E-state index in [0.717, 1.165) is 5.56 Å². The molecule has 7 heteroatoms. The summed E-state index contributed by atoms with van der Waals surface area (Å²) in [6, 6.07) is 6.39. The molecule has 0 aliphatic carbocycles. The minimum atomic E-state index is -1.60. The number of H-pyrrole nitrogens is 1. The molecule has 138 valence electrons. The van der Waals surface area contributed by atoms with E-state index in [1.807, 2.05) is 0 Å². The van der Waals surface area contributed by atoms with Crippen LogP contribution in [-0.2, 0) is 6.54 Å². The summed E-state index contributed by atoms with van der Waals surface area (Å²) < 4.78 is 1.37. The fraction of sp³-hybridized carbons (Fsp3) is 0.611. The number of benzene rings is 1. The fourth-order valence-electron chi connectivity index (χ4n) is 3.97. The number of hydrogen-bond donors (Lipinski definition) is 1. The van der Waals surface area contributed by atoms with E-state index in [1.54, 1.807) is 0 Å². The molecule has 2 rings (SSSR count). The average molecular weight is 379 g/mol. The molecule has 0 aliphatic heterocycles. The van der Waals surface area contributed by atoms with Gasteiger partial charge in [0.05, 0.1) is 6.54 Å². The Balaban J connectivity index is 2.41. The Bertz CT molecular complexity index is 745. The van der Waals surface area contributed by atoms with Crippen LogP contribution in [0.2, 0.25) is 16.6 Å². The van der Waals surface area contributed by atoms with Gasteiger partial charge in [-0.15, -0.1) is 11.2 Å². The Morgan fingerprint density at radius 2 is 1.72 bits per heavy atom. The van der Waals surface area contributed by atoms with Gasteiger partial charge in [0, 0.05) is 4.90 Å². The van der Waals surface area contributed by atoms with Crippen LogP contribution < -0.4 is 5.69 Å². The van der Waals surface area contributed by atoms with Gasteiger partial charge in [-0.25, -0.2) is 9.89 Å². The number of hydrogen-bond acceptors (Lipinski definition) is 4. The molecule has 0 atom stereocenters. The second-order valence-electron chi connectivity index (χ2n) is 7.62. The van der Waals surface area contributed by atoms with Gasteiger partial charge in [0.15, 0.2) is 0 Å². The third-order valence-corrected chi connectivity index (χ3v) is 17.6. The molecule has 0 saturated carbocycles. The molecule has 1 N–H and O–H groups in total. The average Bonchev–Trinajstić information content (AvgIpc) is 2.92. The van der Waals surface area contributed by atoms with Crippen molar-refractivity contribution in [1.29, 1.82) is 0 Å². The van der Waals surface area contributed by atoms with Crippen LogP contribution in [0.15, 0.2) is 27.9 Å². The third kappa shape index (κ3) is 3.92. The van der Waals surface area contributed by atoms with Crippen molar-refractivity contribution in [3.05, 3.63) is 39.8 Å². The molecule has 0 fully saturated rings. The first-order valence-corrected chi connectivity index (χ1v) is 12.7. The Morgan fingerprint density at radius 1 is 1.12 bits per heavy atom. The van der Waals surface area contributed by atoms with E-state index >= 15 is 0 Å². The quantitative estimate of drug-likeness (QED) is 0.716. The number of tetrazole rings is 1. The van der Waals surface area contributed by atoms with Crippen LogP contribution in [0, 0.1) is 6.92 Å². The van der Waals surface area contributed by atoms with Gasteiger partial charge in [-0.3, -0.25) is 0 Å². The van der Waals surface area contributed by atoms with E-state index in [0.29, 0.717) is 23.2 Å². The second kappa shape index (κ2) is 7.91. The van der Waals surface area contributed by atoms with Gasteiger partial charge < -0.3 is 0 Å². The molecule has 0 saturated heterocycles. The van der Waals surface area contributed by atoms with Gasteiger partial charge in [0.25, 0.3) is 0 Å². The van der Waals surface area contributed by atoms with Crippen LogP contribution in [0.3, 0.4) is 0 Å². The van der Waals surface area contributed by atoms with Crippen LogP contribution in [0.25, 0.3) is 0 Å². The number of nitrogens with zero attached hydrogens (tertiary/aromatic N) is 3. The zero-order valence-electron chi connectivity index (χ0n) is 16.3. The normalized spacial score (nSPS) is 12.6. The first-order valence-electron chi connectivity index (χ1n) is 8.95. The molecule has 1 aromatic heterocycles. The lowest BCUT2D eigenvalue weighted by Gasteiger charge is -2.42. The molecular formula is C18H30N4OSSi. The van der Waals surface area contributed by atoms with Crippen molar-refractivity contribution in [2.45, 2.75) is 76.5 Å². The summed E-state index contributed by atoms with van der Waals surface area (Å²) in [6.07, 6.45) is 0. The molecule has 1 aromatic carbocycles. The summed E-state index contributed by atoms with van der Waals surface area (Å²) in [6.45, 7) is 16.9. The molecule has 25 heavy (non-hydrogen) atoms. The highest BCUT2D eigenvalue weighted by Gasteiger charge is 2.44. The van der Waals surface area contributed by atoms with Gasteiger partial charge in [0.2, 0.25) is 0 Å². The number of aromatic nitrogens is 4. The maximum Gasteiger partial charge on any atom is 0.361 e. The largest absolute Gasteiger partial charge is 0.361 e. The summed E-state index contributed by atoms with van der Waals surface area (Å²) in [5, 5.41) is 9.77. The predicted molar refractivity (Wildman–Crippen MR) is 108 cm³/mol. The summed E-state index contributed by atoms with van der Waals surface area (Å²) in [5.74, 6) is 0. The minimum absolute atomic E-state index is 0.271. The zero-order chi connectivity index (χ0) is 18.8. The first kappa shape index (κ1) is 20.0. The fourth-order valence-corrected chi connectivity index (χ4v) is 13.4. The Hall–Kier alpha value is -1.34. The summed E-state index contributed by atoms with van der Waals surface area (Å²) in [4.78, 5) is 13.0. The lowest BCUT2D eigenvalue weighted by atomic mass is 10.1. The molecule has 1 heterocycles. The van der Waals surface area contributed by atoms with Crippen LogP contribution in [-0.4, -0.2) is 27.4 Å². The Morgan fingerprint density at radius 3 is 2.20 bits per heavy atom. The third-order valence-electron chi connectivity index (χ3n) is 5.24. The summed E-state index contributed by atoms with van der Waals surface area (Å²) >= 11 is 2.13. The summed E-state index contributed by atoms with van der Waals surface area (Å²) in [7, 11) is -1.60. The van der Waals surface area contributed by atoms with Crippen LogP contribution >= 0.6 is 11.2 Å². The van der Waals surface area contributed by atoms with Gasteiger partial charge in [0.1, 0.15) is 7.22 Å². The van der Waals surface area contributed by atoms with Crippen molar-refractivity contribution >= 4 is 18.4 Å². The first-order chi connectivity index (χ1) is 11.7. The minimum Gasteiger partial charge on any atom is -0.245 e.